The summed E-state index contributed by atoms with van der Waals surface area (Å²) in [7, 11) is 0. The maximum atomic E-state index is 12.7. The number of rotatable bonds is 6. The first-order valence-electron chi connectivity index (χ1n) is 9.75. The smallest absolute Gasteiger partial charge is 0.489 e. The number of pyridine rings is 1. The van der Waals surface area contributed by atoms with Gasteiger partial charge in [-0.3, -0.25) is 0 Å². The van der Waals surface area contributed by atoms with Gasteiger partial charge in [0.05, 0.1) is 22.4 Å². The minimum absolute atomic E-state index is 0.0192. The van der Waals surface area contributed by atoms with Crippen LogP contribution in [-0.4, -0.2) is 33.6 Å². The molecule has 2 heterocycles. The van der Waals surface area contributed by atoms with Gasteiger partial charge < -0.3 is 25.6 Å². The van der Waals surface area contributed by atoms with Gasteiger partial charge in [0.2, 0.25) is 0 Å². The summed E-state index contributed by atoms with van der Waals surface area (Å²) in [5.74, 6) is -0.461. The van der Waals surface area contributed by atoms with E-state index in [4.69, 9.17) is 10.5 Å². The zero-order valence-electron chi connectivity index (χ0n) is 16.4. The largest absolute Gasteiger partial charge is 0.573 e. The molecule has 7 nitrogen and oxygen atoms in total. The third-order valence-corrected chi connectivity index (χ3v) is 5.97. The molecular weight excluding hydrogens is 433 g/mol. The van der Waals surface area contributed by atoms with Crippen molar-refractivity contribution in [3.05, 3.63) is 36.0 Å². The summed E-state index contributed by atoms with van der Waals surface area (Å²) in [4.78, 5) is 8.18. The monoisotopic (exact) mass is 454 g/mol. The summed E-state index contributed by atoms with van der Waals surface area (Å²) in [6.45, 7) is -0.179. The van der Waals surface area contributed by atoms with Crippen LogP contribution < -0.4 is 20.5 Å². The normalized spacial score (nSPS) is 19.4. The molecule has 0 aliphatic heterocycles. The van der Waals surface area contributed by atoms with E-state index < -0.39 is 12.1 Å². The third kappa shape index (κ3) is 5.28. The van der Waals surface area contributed by atoms with Crippen molar-refractivity contribution in [2.45, 2.75) is 50.8 Å². The van der Waals surface area contributed by atoms with Crippen LogP contribution in [0, 0.1) is 0 Å². The summed E-state index contributed by atoms with van der Waals surface area (Å²) in [5.41, 5.74) is 6.43. The second-order valence-electron chi connectivity index (χ2n) is 7.27. The lowest BCUT2D eigenvalue weighted by Crippen LogP contribution is -2.36. The first-order chi connectivity index (χ1) is 14.8. The molecule has 31 heavy (non-hydrogen) atoms. The topological polar surface area (TPSA) is 103 Å². The molecule has 166 valence electrons. The van der Waals surface area contributed by atoms with Crippen molar-refractivity contribution in [2.24, 2.45) is 0 Å². The fourth-order valence-corrected chi connectivity index (χ4v) is 4.47. The van der Waals surface area contributed by atoms with Gasteiger partial charge in [0, 0.05) is 11.8 Å². The fourth-order valence-electron chi connectivity index (χ4n) is 3.51. The van der Waals surface area contributed by atoms with Crippen LogP contribution >= 0.6 is 11.3 Å². The van der Waals surface area contributed by atoms with E-state index in [2.05, 4.69) is 20.0 Å². The Bertz CT molecular complexity index is 1060. The summed E-state index contributed by atoms with van der Waals surface area (Å²) in [5, 5.41) is 14.2. The van der Waals surface area contributed by atoms with E-state index in [0.717, 1.165) is 35.9 Å². The number of nitrogens with zero attached hydrogens (tertiary/aromatic N) is 2. The maximum absolute atomic E-state index is 12.7. The number of thiazole rings is 1. The van der Waals surface area contributed by atoms with Gasteiger partial charge in [-0.25, -0.2) is 9.97 Å². The Morgan fingerprint density at radius 2 is 2.03 bits per heavy atom. The molecule has 1 fully saturated rings. The van der Waals surface area contributed by atoms with Crippen LogP contribution in [0.15, 0.2) is 30.5 Å². The molecule has 3 aromatic rings. The first-order valence-corrected chi connectivity index (χ1v) is 10.6. The lowest BCUT2D eigenvalue weighted by molar-refractivity contribution is -0.274. The van der Waals surface area contributed by atoms with Crippen molar-refractivity contribution in [3.63, 3.8) is 0 Å². The molecule has 11 heteroatoms. The van der Waals surface area contributed by atoms with E-state index in [0.29, 0.717) is 10.9 Å². The van der Waals surface area contributed by atoms with Crippen LogP contribution in [0.1, 0.15) is 31.2 Å². The molecule has 0 amide bonds. The highest BCUT2D eigenvalue weighted by Gasteiger charge is 2.33. The third-order valence-electron chi connectivity index (χ3n) is 5.02. The highest BCUT2D eigenvalue weighted by atomic mass is 32.1. The summed E-state index contributed by atoms with van der Waals surface area (Å²) in [6, 6.07) is 6.58. The number of aliphatic hydroxyl groups excluding tert-OH is 1. The number of alkyl halides is 3. The van der Waals surface area contributed by atoms with Crippen LogP contribution in [0.2, 0.25) is 0 Å². The minimum atomic E-state index is -4.89. The maximum Gasteiger partial charge on any atom is 0.573 e. The fraction of sp³-hybridized carbons (Fsp3) is 0.400. The number of anilines is 2. The van der Waals surface area contributed by atoms with Crippen molar-refractivity contribution in [1.82, 2.24) is 9.97 Å². The Labute approximate surface area is 180 Å². The van der Waals surface area contributed by atoms with E-state index in [-0.39, 0.29) is 30.1 Å². The number of aromatic nitrogens is 2. The van der Waals surface area contributed by atoms with Crippen LogP contribution in [0.3, 0.4) is 0 Å². The molecule has 1 unspecified atom stereocenters. The standard InChI is InChI=1S/C20H21F3N4O3S/c21-20(22,23)30-17-11(7-8-25-18(17)24)10-29-12-5-6-14-16(9-12)31-19(27-14)26-13-3-1-2-4-15(13)28/h5-9,13,15,28H,1-4,10H2,(H2,24,25)(H,26,27)/t13?,15-/m1/s1. The van der Waals surface area contributed by atoms with Gasteiger partial charge in [0.15, 0.2) is 16.7 Å². The molecule has 0 radical (unpaired) electrons. The molecule has 4 rings (SSSR count). The van der Waals surface area contributed by atoms with Crippen LogP contribution in [0.25, 0.3) is 10.2 Å². The molecule has 0 bridgehead atoms. The highest BCUT2D eigenvalue weighted by molar-refractivity contribution is 7.22. The number of hydrogen-bond donors (Lipinski definition) is 3. The van der Waals surface area contributed by atoms with Gasteiger partial charge in [-0.2, -0.15) is 0 Å². The molecule has 1 aromatic carbocycles. The zero-order chi connectivity index (χ0) is 22.0. The van der Waals surface area contributed by atoms with Gasteiger partial charge in [0.25, 0.3) is 0 Å². The SMILES string of the molecule is Nc1nccc(COc2ccc3nc(NC4CCCC[C@H]4O)sc3c2)c1OC(F)(F)F. The summed E-state index contributed by atoms with van der Waals surface area (Å²) < 4.78 is 48.5. The van der Waals surface area contributed by atoms with E-state index in [1.807, 2.05) is 0 Å². The first kappa shape index (κ1) is 21.4. The Balaban J connectivity index is 1.47. The van der Waals surface area contributed by atoms with Crippen molar-refractivity contribution in [2.75, 3.05) is 11.1 Å². The number of aliphatic hydroxyl groups is 1. The lowest BCUT2D eigenvalue weighted by atomic mass is 9.93. The van der Waals surface area contributed by atoms with Crippen molar-refractivity contribution >= 4 is 32.5 Å². The highest BCUT2D eigenvalue weighted by Crippen LogP contribution is 2.34. The van der Waals surface area contributed by atoms with Crippen molar-refractivity contribution in [3.8, 4) is 11.5 Å². The number of nitrogens with two attached hydrogens (primary N) is 1. The van der Waals surface area contributed by atoms with E-state index in [9.17, 15) is 18.3 Å². The van der Waals surface area contributed by atoms with E-state index in [1.54, 1.807) is 18.2 Å². The van der Waals surface area contributed by atoms with E-state index >= 15 is 0 Å². The number of halogens is 3. The van der Waals surface area contributed by atoms with Crippen LogP contribution in [0.4, 0.5) is 24.1 Å². The van der Waals surface area contributed by atoms with Crippen LogP contribution in [0.5, 0.6) is 11.5 Å². The Morgan fingerprint density at radius 3 is 2.81 bits per heavy atom. The van der Waals surface area contributed by atoms with Gasteiger partial charge in [-0.05, 0) is 37.1 Å². The number of ether oxygens (including phenoxy) is 2. The number of benzene rings is 1. The molecule has 1 aliphatic rings. The van der Waals surface area contributed by atoms with Gasteiger partial charge >= 0.3 is 6.36 Å². The number of nitrogen functional groups attached to an aromatic ring is 1. The Hall–Kier alpha value is -2.79. The zero-order valence-corrected chi connectivity index (χ0v) is 17.2. The molecule has 0 saturated heterocycles. The molecule has 2 atom stereocenters. The quantitative estimate of drug-likeness (QED) is 0.505. The molecule has 1 aliphatic carbocycles. The van der Waals surface area contributed by atoms with Crippen molar-refractivity contribution in [1.29, 1.82) is 0 Å². The minimum Gasteiger partial charge on any atom is -0.489 e. The van der Waals surface area contributed by atoms with Gasteiger partial charge in [-0.15, -0.1) is 13.2 Å². The average Bonchev–Trinajstić information content (AvgIpc) is 3.11. The second-order valence-corrected chi connectivity index (χ2v) is 8.30. The predicted octanol–water partition coefficient (Wildman–Crippen LogP) is 4.47. The summed E-state index contributed by atoms with van der Waals surface area (Å²) >= 11 is 1.43. The Kier molecular flexibility index (Phi) is 6.05. The van der Waals surface area contributed by atoms with Crippen LogP contribution in [-0.2, 0) is 6.61 Å². The van der Waals surface area contributed by atoms with Gasteiger partial charge in [-0.1, -0.05) is 24.2 Å². The average molecular weight is 454 g/mol. The molecule has 0 spiro atoms. The lowest BCUT2D eigenvalue weighted by Gasteiger charge is -2.27. The molecule has 2 aromatic heterocycles. The van der Waals surface area contributed by atoms with E-state index in [1.165, 1.54) is 23.6 Å². The Morgan fingerprint density at radius 1 is 1.23 bits per heavy atom. The number of hydrogen-bond acceptors (Lipinski definition) is 8. The number of nitrogens with one attached hydrogen (secondary N) is 1. The van der Waals surface area contributed by atoms with Gasteiger partial charge in [0.1, 0.15) is 12.4 Å². The molecular formula is C20H21F3N4O3S. The summed E-state index contributed by atoms with van der Waals surface area (Å²) in [6.07, 6.45) is -0.219. The molecule has 4 N–H and O–H groups in total. The number of fused-ring (bicyclic) bond motifs is 1. The molecule has 1 saturated carbocycles. The van der Waals surface area contributed by atoms with Crippen molar-refractivity contribution < 1.29 is 27.8 Å². The second kappa shape index (κ2) is 8.75. The predicted molar refractivity (Wildman–Crippen MR) is 111 cm³/mol.